The summed E-state index contributed by atoms with van der Waals surface area (Å²) in [6, 6.07) is 0. The number of primary amides is 1. The molecule has 1 aliphatic heterocycles. The first-order valence-corrected chi connectivity index (χ1v) is 5.55. The quantitative estimate of drug-likeness (QED) is 0.553. The Balaban J connectivity index is 2.74. The fourth-order valence-electron chi connectivity index (χ4n) is 1.53. The molecule has 8 heteroatoms. The third-order valence-electron chi connectivity index (χ3n) is 2.41. The Kier molecular flexibility index (Phi) is 4.13. The van der Waals surface area contributed by atoms with Crippen LogP contribution in [0.1, 0.15) is 20.8 Å². The number of ketones is 1. The highest BCUT2D eigenvalue weighted by Crippen LogP contribution is 2.25. The first-order valence-electron chi connectivity index (χ1n) is 5.55. The van der Waals surface area contributed by atoms with E-state index in [1.165, 1.54) is 20.8 Å². The summed E-state index contributed by atoms with van der Waals surface area (Å²) in [6.45, 7) is 3.83. The van der Waals surface area contributed by atoms with E-state index in [1.807, 2.05) is 0 Å². The smallest absolute Gasteiger partial charge is 0.404 e. The summed E-state index contributed by atoms with van der Waals surface area (Å²) in [5.41, 5.74) is 4.75. The fraction of sp³-hybridized carbons (Fsp3) is 0.636. The Morgan fingerprint density at radius 2 is 1.79 bits per heavy atom. The monoisotopic (exact) mass is 273 g/mol. The molecule has 0 aromatic carbocycles. The van der Waals surface area contributed by atoms with Gasteiger partial charge < -0.3 is 19.9 Å². The summed E-state index contributed by atoms with van der Waals surface area (Å²) < 4.78 is 14.1. The lowest BCUT2D eigenvalue weighted by Gasteiger charge is -2.32. The molecule has 0 bridgehead atoms. The average Bonchev–Trinajstić information content (AvgIpc) is 2.22. The summed E-state index contributed by atoms with van der Waals surface area (Å²) in [7, 11) is 0. The summed E-state index contributed by atoms with van der Waals surface area (Å²) in [5.74, 6) is -6.61. The van der Waals surface area contributed by atoms with Crippen LogP contribution in [0.15, 0.2) is 0 Å². The predicted octanol–water partition coefficient (Wildman–Crippen LogP) is -0.261. The highest BCUT2D eigenvalue weighted by Gasteiger charge is 2.48. The van der Waals surface area contributed by atoms with E-state index in [0.717, 1.165) is 0 Å². The van der Waals surface area contributed by atoms with Crippen LogP contribution < -0.4 is 5.73 Å². The number of nitrogens with two attached hydrogens (primary N) is 1. The number of amides is 1. The molecule has 0 aliphatic carbocycles. The highest BCUT2D eigenvalue weighted by molar-refractivity contribution is 6.16. The largest absolute Gasteiger partial charge is 0.449 e. The molecule has 0 aromatic rings. The average molecular weight is 273 g/mol. The lowest BCUT2D eigenvalue weighted by Crippen LogP contribution is -2.50. The molecule has 1 atom stereocenters. The highest BCUT2D eigenvalue weighted by atomic mass is 16.7. The maximum Gasteiger partial charge on any atom is 0.404 e. The van der Waals surface area contributed by atoms with Gasteiger partial charge in [0.2, 0.25) is 5.92 Å². The SMILES string of the molecule is C[C@@H](COC(N)=O)C(=O)C1C(=O)OC(C)(C)OC1=O. The van der Waals surface area contributed by atoms with Gasteiger partial charge in [0.15, 0.2) is 5.78 Å². The van der Waals surface area contributed by atoms with Crippen LogP contribution in [0.2, 0.25) is 0 Å². The molecule has 1 aliphatic rings. The van der Waals surface area contributed by atoms with E-state index in [1.54, 1.807) is 0 Å². The number of carbonyl (C=O) groups is 4. The predicted molar refractivity (Wildman–Crippen MR) is 59.5 cm³/mol. The van der Waals surface area contributed by atoms with Gasteiger partial charge in [-0.25, -0.2) is 4.79 Å². The zero-order valence-electron chi connectivity index (χ0n) is 10.8. The van der Waals surface area contributed by atoms with Gasteiger partial charge in [-0.15, -0.1) is 0 Å². The van der Waals surface area contributed by atoms with E-state index in [0.29, 0.717) is 0 Å². The van der Waals surface area contributed by atoms with Gasteiger partial charge in [-0.1, -0.05) is 6.92 Å². The topological polar surface area (TPSA) is 122 Å². The number of hydrogen-bond donors (Lipinski definition) is 1. The van der Waals surface area contributed by atoms with Crippen LogP contribution in [0.25, 0.3) is 0 Å². The number of Topliss-reactive ketones (excluding diaryl/α,β-unsaturated/α-hetero) is 1. The van der Waals surface area contributed by atoms with Crippen LogP contribution in [-0.2, 0) is 28.6 Å². The van der Waals surface area contributed by atoms with Gasteiger partial charge in [-0.2, -0.15) is 0 Å². The second kappa shape index (κ2) is 5.25. The minimum atomic E-state index is -1.65. The first kappa shape index (κ1) is 14.9. The Morgan fingerprint density at radius 1 is 1.32 bits per heavy atom. The van der Waals surface area contributed by atoms with Crippen molar-refractivity contribution in [3.63, 3.8) is 0 Å². The lowest BCUT2D eigenvalue weighted by molar-refractivity contribution is -0.238. The molecule has 1 amide bonds. The summed E-state index contributed by atoms with van der Waals surface area (Å²) in [6.07, 6.45) is -1.05. The first-order chi connectivity index (χ1) is 8.64. The molecule has 1 heterocycles. The fourth-order valence-corrected chi connectivity index (χ4v) is 1.53. The van der Waals surface area contributed by atoms with E-state index in [2.05, 4.69) is 4.74 Å². The van der Waals surface area contributed by atoms with E-state index in [-0.39, 0.29) is 6.61 Å². The number of ether oxygens (including phenoxy) is 3. The van der Waals surface area contributed by atoms with Gasteiger partial charge in [-0.05, 0) is 0 Å². The molecule has 0 aromatic heterocycles. The Labute approximate surface area is 109 Å². The standard InChI is InChI=1S/C11H15NO7/c1-5(4-17-10(12)16)7(13)6-8(14)18-11(2,3)19-9(6)15/h5-6H,4H2,1-3H3,(H2,12,16)/t5-/m0/s1. The van der Waals surface area contributed by atoms with Crippen LogP contribution in [0, 0.1) is 11.8 Å². The number of cyclic esters (lactones) is 2. The van der Waals surface area contributed by atoms with Gasteiger partial charge in [-0.3, -0.25) is 14.4 Å². The number of rotatable bonds is 4. The zero-order chi connectivity index (χ0) is 14.8. The van der Waals surface area contributed by atoms with Gasteiger partial charge in [0.25, 0.3) is 5.79 Å². The van der Waals surface area contributed by atoms with E-state index >= 15 is 0 Å². The van der Waals surface area contributed by atoms with Crippen molar-refractivity contribution < 1.29 is 33.4 Å². The molecule has 1 rings (SSSR count). The maximum atomic E-state index is 11.9. The normalized spacial score (nSPS) is 20.2. The van der Waals surface area contributed by atoms with Crippen molar-refractivity contribution in [3.8, 4) is 0 Å². The molecule has 1 fully saturated rings. The van der Waals surface area contributed by atoms with Crippen LogP contribution in [0.4, 0.5) is 4.79 Å². The minimum Gasteiger partial charge on any atom is -0.449 e. The number of esters is 2. The maximum absolute atomic E-state index is 11.9. The molecule has 1 saturated heterocycles. The molecule has 2 N–H and O–H groups in total. The van der Waals surface area contributed by atoms with Gasteiger partial charge >= 0.3 is 18.0 Å². The molecule has 106 valence electrons. The third kappa shape index (κ3) is 3.67. The van der Waals surface area contributed by atoms with Crippen LogP contribution in [-0.4, -0.2) is 36.2 Å². The molecular weight excluding hydrogens is 258 g/mol. The minimum absolute atomic E-state index is 0.325. The summed E-state index contributed by atoms with van der Waals surface area (Å²) in [5, 5.41) is 0. The number of hydrogen-bond acceptors (Lipinski definition) is 7. The summed E-state index contributed by atoms with van der Waals surface area (Å²) in [4.78, 5) is 45.6. The Hall–Kier alpha value is -2.12. The molecule has 0 saturated carbocycles. The lowest BCUT2D eigenvalue weighted by atomic mass is 9.93. The Bertz CT molecular complexity index is 409. The van der Waals surface area contributed by atoms with Crippen molar-refractivity contribution in [2.45, 2.75) is 26.6 Å². The van der Waals surface area contributed by atoms with Crippen molar-refractivity contribution in [1.82, 2.24) is 0 Å². The second-order valence-corrected chi connectivity index (χ2v) is 4.61. The second-order valence-electron chi connectivity index (χ2n) is 4.61. The van der Waals surface area contributed by atoms with E-state index in [9.17, 15) is 19.2 Å². The zero-order valence-corrected chi connectivity index (χ0v) is 10.8. The van der Waals surface area contributed by atoms with Gasteiger partial charge in [0, 0.05) is 13.8 Å². The van der Waals surface area contributed by atoms with Crippen LogP contribution in [0.3, 0.4) is 0 Å². The van der Waals surface area contributed by atoms with Crippen molar-refractivity contribution in [2.24, 2.45) is 17.6 Å². The van der Waals surface area contributed by atoms with Crippen molar-refractivity contribution >= 4 is 23.8 Å². The molecular formula is C11H15NO7. The molecule has 19 heavy (non-hydrogen) atoms. The van der Waals surface area contributed by atoms with Crippen molar-refractivity contribution in [3.05, 3.63) is 0 Å². The molecule has 0 unspecified atom stereocenters. The van der Waals surface area contributed by atoms with Crippen LogP contribution >= 0.6 is 0 Å². The van der Waals surface area contributed by atoms with E-state index in [4.69, 9.17) is 15.2 Å². The molecule has 8 nitrogen and oxygen atoms in total. The molecule has 0 radical (unpaired) electrons. The van der Waals surface area contributed by atoms with Gasteiger partial charge in [0.1, 0.15) is 6.61 Å². The Morgan fingerprint density at radius 3 is 2.21 bits per heavy atom. The summed E-state index contributed by atoms with van der Waals surface area (Å²) >= 11 is 0. The number of carbonyl (C=O) groups excluding carboxylic acids is 4. The molecule has 0 spiro atoms. The van der Waals surface area contributed by atoms with Gasteiger partial charge in [0.05, 0.1) is 5.92 Å². The van der Waals surface area contributed by atoms with E-state index < -0.39 is 41.4 Å². The third-order valence-corrected chi connectivity index (χ3v) is 2.41. The van der Waals surface area contributed by atoms with Crippen LogP contribution in [0.5, 0.6) is 0 Å². The van der Waals surface area contributed by atoms with Crippen molar-refractivity contribution in [1.29, 1.82) is 0 Å². The van der Waals surface area contributed by atoms with Crippen molar-refractivity contribution in [2.75, 3.05) is 6.61 Å².